The average molecular weight is 312 g/mol. The standard InChI is InChI=1S/C18H14F2N2O/c1-11-5-3-8-17(12(11)2)22-18(23)13(10-21)9-14-15(19)6-4-7-16(14)20/h3-9H,1-2H3,(H,22,23)/b13-9+. The lowest BCUT2D eigenvalue weighted by molar-refractivity contribution is -0.112. The van der Waals surface area contributed by atoms with Crippen LogP contribution in [-0.2, 0) is 4.79 Å². The van der Waals surface area contributed by atoms with E-state index in [-0.39, 0.29) is 5.57 Å². The monoisotopic (exact) mass is 312 g/mol. The summed E-state index contributed by atoms with van der Waals surface area (Å²) >= 11 is 0. The molecule has 0 unspecified atom stereocenters. The van der Waals surface area contributed by atoms with Crippen LogP contribution in [0.4, 0.5) is 14.5 Å². The molecule has 2 rings (SSSR count). The van der Waals surface area contributed by atoms with E-state index >= 15 is 0 Å². The van der Waals surface area contributed by atoms with E-state index in [0.29, 0.717) is 5.69 Å². The van der Waals surface area contributed by atoms with Crippen molar-refractivity contribution in [2.75, 3.05) is 5.32 Å². The van der Waals surface area contributed by atoms with Crippen LogP contribution in [0.2, 0.25) is 0 Å². The number of halogens is 2. The number of nitriles is 1. The number of rotatable bonds is 3. The average Bonchev–Trinajstić information content (AvgIpc) is 2.51. The number of carbonyl (C=O) groups excluding carboxylic acids is 1. The summed E-state index contributed by atoms with van der Waals surface area (Å²) < 4.78 is 27.3. The van der Waals surface area contributed by atoms with Crippen molar-refractivity contribution in [1.82, 2.24) is 0 Å². The van der Waals surface area contributed by atoms with Crippen molar-refractivity contribution >= 4 is 17.7 Å². The first-order chi connectivity index (χ1) is 10.9. The zero-order valence-corrected chi connectivity index (χ0v) is 12.7. The molecular weight excluding hydrogens is 298 g/mol. The summed E-state index contributed by atoms with van der Waals surface area (Å²) in [6, 6.07) is 10.4. The minimum atomic E-state index is -0.836. The summed E-state index contributed by atoms with van der Waals surface area (Å²) in [4.78, 5) is 12.2. The molecular formula is C18H14F2N2O. The maximum Gasteiger partial charge on any atom is 0.266 e. The van der Waals surface area contributed by atoms with Gasteiger partial charge in [0.2, 0.25) is 0 Å². The molecule has 0 aliphatic carbocycles. The second-order valence-corrected chi connectivity index (χ2v) is 5.01. The topological polar surface area (TPSA) is 52.9 Å². The van der Waals surface area contributed by atoms with Crippen molar-refractivity contribution in [3.05, 3.63) is 70.3 Å². The fourth-order valence-corrected chi connectivity index (χ4v) is 2.02. The van der Waals surface area contributed by atoms with Crippen LogP contribution < -0.4 is 5.32 Å². The van der Waals surface area contributed by atoms with Gasteiger partial charge in [0.25, 0.3) is 5.91 Å². The highest BCUT2D eigenvalue weighted by Gasteiger charge is 2.14. The zero-order chi connectivity index (χ0) is 17.0. The Hall–Kier alpha value is -3.00. The van der Waals surface area contributed by atoms with Crippen molar-refractivity contribution < 1.29 is 13.6 Å². The number of anilines is 1. The minimum absolute atomic E-state index is 0.380. The highest BCUT2D eigenvalue weighted by molar-refractivity contribution is 6.10. The lowest BCUT2D eigenvalue weighted by Crippen LogP contribution is -2.14. The Morgan fingerprint density at radius 1 is 1.13 bits per heavy atom. The molecule has 23 heavy (non-hydrogen) atoms. The van der Waals surface area contributed by atoms with Crippen LogP contribution in [0.25, 0.3) is 6.08 Å². The predicted molar refractivity (Wildman–Crippen MR) is 84.5 cm³/mol. The van der Waals surface area contributed by atoms with Crippen LogP contribution in [0.15, 0.2) is 42.0 Å². The van der Waals surface area contributed by atoms with Gasteiger partial charge in [0.15, 0.2) is 0 Å². The van der Waals surface area contributed by atoms with E-state index in [4.69, 9.17) is 5.26 Å². The Morgan fingerprint density at radius 3 is 2.35 bits per heavy atom. The van der Waals surface area contributed by atoms with E-state index in [1.165, 1.54) is 6.07 Å². The Balaban J connectivity index is 2.35. The molecule has 0 aliphatic heterocycles. The SMILES string of the molecule is Cc1cccc(NC(=O)/C(C#N)=C/c2c(F)cccc2F)c1C. The lowest BCUT2D eigenvalue weighted by atomic mass is 10.1. The van der Waals surface area contributed by atoms with E-state index in [1.807, 2.05) is 19.9 Å². The lowest BCUT2D eigenvalue weighted by Gasteiger charge is -2.10. The quantitative estimate of drug-likeness (QED) is 0.684. The normalized spacial score (nSPS) is 11.0. The molecule has 0 saturated carbocycles. The maximum atomic E-state index is 13.6. The van der Waals surface area contributed by atoms with Crippen molar-refractivity contribution in [1.29, 1.82) is 5.26 Å². The molecule has 0 bridgehead atoms. The van der Waals surface area contributed by atoms with E-state index < -0.39 is 23.1 Å². The molecule has 0 spiro atoms. The summed E-state index contributed by atoms with van der Waals surface area (Å²) in [7, 11) is 0. The van der Waals surface area contributed by atoms with Crippen LogP contribution in [0.1, 0.15) is 16.7 Å². The minimum Gasteiger partial charge on any atom is -0.321 e. The van der Waals surface area contributed by atoms with Gasteiger partial charge in [-0.05, 0) is 49.2 Å². The predicted octanol–water partition coefficient (Wildman–Crippen LogP) is 4.13. The number of nitrogens with zero attached hydrogens (tertiary/aromatic N) is 1. The van der Waals surface area contributed by atoms with Crippen LogP contribution >= 0.6 is 0 Å². The van der Waals surface area contributed by atoms with Crippen LogP contribution in [-0.4, -0.2) is 5.91 Å². The molecule has 0 aromatic heterocycles. The third-order valence-corrected chi connectivity index (χ3v) is 3.51. The molecule has 0 heterocycles. The van der Waals surface area contributed by atoms with Gasteiger partial charge in [-0.1, -0.05) is 18.2 Å². The first kappa shape index (κ1) is 16.4. The largest absolute Gasteiger partial charge is 0.321 e. The number of hydrogen-bond donors (Lipinski definition) is 1. The third kappa shape index (κ3) is 3.61. The molecule has 1 amide bonds. The van der Waals surface area contributed by atoms with Crippen molar-refractivity contribution in [3.8, 4) is 6.07 Å². The number of carbonyl (C=O) groups is 1. The first-order valence-corrected chi connectivity index (χ1v) is 6.87. The fraction of sp³-hybridized carbons (Fsp3) is 0.111. The summed E-state index contributed by atoms with van der Waals surface area (Å²) in [5.74, 6) is -2.39. The Bertz CT molecular complexity index is 815. The van der Waals surface area contributed by atoms with Gasteiger partial charge < -0.3 is 5.32 Å². The number of aryl methyl sites for hydroxylation is 1. The Kier molecular flexibility index (Phi) is 4.87. The Labute approximate surface area is 132 Å². The molecule has 5 heteroatoms. The van der Waals surface area contributed by atoms with E-state index in [1.54, 1.807) is 18.2 Å². The molecule has 116 valence electrons. The Morgan fingerprint density at radius 2 is 1.74 bits per heavy atom. The molecule has 1 N–H and O–H groups in total. The van der Waals surface area contributed by atoms with Crippen LogP contribution in [0.3, 0.4) is 0 Å². The van der Waals surface area contributed by atoms with Crippen molar-refractivity contribution in [2.45, 2.75) is 13.8 Å². The zero-order valence-electron chi connectivity index (χ0n) is 12.7. The molecule has 2 aromatic carbocycles. The number of amides is 1. The number of hydrogen-bond acceptors (Lipinski definition) is 2. The third-order valence-electron chi connectivity index (χ3n) is 3.51. The first-order valence-electron chi connectivity index (χ1n) is 6.87. The van der Waals surface area contributed by atoms with E-state index in [9.17, 15) is 13.6 Å². The maximum absolute atomic E-state index is 13.6. The smallest absolute Gasteiger partial charge is 0.266 e. The van der Waals surface area contributed by atoms with Crippen LogP contribution in [0.5, 0.6) is 0 Å². The number of benzene rings is 2. The highest BCUT2D eigenvalue weighted by atomic mass is 19.1. The van der Waals surface area contributed by atoms with Crippen molar-refractivity contribution in [3.63, 3.8) is 0 Å². The van der Waals surface area contributed by atoms with Gasteiger partial charge in [0.1, 0.15) is 23.3 Å². The summed E-state index contributed by atoms with van der Waals surface area (Å²) in [6.45, 7) is 3.72. The van der Waals surface area contributed by atoms with Gasteiger partial charge >= 0.3 is 0 Å². The van der Waals surface area contributed by atoms with Gasteiger partial charge in [-0.15, -0.1) is 0 Å². The number of nitrogens with one attached hydrogen (secondary N) is 1. The van der Waals surface area contributed by atoms with Gasteiger partial charge in [0.05, 0.1) is 0 Å². The summed E-state index contributed by atoms with van der Waals surface area (Å²) in [5.41, 5.74) is 1.58. The fourth-order valence-electron chi connectivity index (χ4n) is 2.02. The molecule has 0 fully saturated rings. The van der Waals surface area contributed by atoms with Gasteiger partial charge in [-0.2, -0.15) is 5.26 Å². The molecule has 0 saturated heterocycles. The molecule has 3 nitrogen and oxygen atoms in total. The second kappa shape index (κ2) is 6.84. The van der Waals surface area contributed by atoms with Crippen molar-refractivity contribution in [2.24, 2.45) is 0 Å². The van der Waals surface area contributed by atoms with Crippen LogP contribution in [0, 0.1) is 36.8 Å². The van der Waals surface area contributed by atoms with Gasteiger partial charge in [0, 0.05) is 11.3 Å². The van der Waals surface area contributed by atoms with E-state index in [2.05, 4.69) is 5.32 Å². The van der Waals surface area contributed by atoms with Gasteiger partial charge in [-0.25, -0.2) is 8.78 Å². The summed E-state index contributed by atoms with van der Waals surface area (Å²) in [6.07, 6.45) is 0.908. The van der Waals surface area contributed by atoms with E-state index in [0.717, 1.165) is 29.3 Å². The second-order valence-electron chi connectivity index (χ2n) is 5.01. The van der Waals surface area contributed by atoms with Gasteiger partial charge in [-0.3, -0.25) is 4.79 Å². The molecule has 2 aromatic rings. The summed E-state index contributed by atoms with van der Waals surface area (Å²) in [5, 5.41) is 11.7. The molecule has 0 radical (unpaired) electrons. The highest BCUT2D eigenvalue weighted by Crippen LogP contribution is 2.20. The molecule has 0 aliphatic rings. The molecule has 0 atom stereocenters.